The number of likely N-dealkylation sites (N-methyl/N-ethyl adjacent to an activating group) is 1. The van der Waals surface area contributed by atoms with Crippen LogP contribution in [0.25, 0.3) is 10.2 Å². The van der Waals surface area contributed by atoms with Gasteiger partial charge in [0, 0.05) is 50.3 Å². The molecule has 5 rings (SSSR count). The number of aromatic nitrogens is 2. The van der Waals surface area contributed by atoms with Gasteiger partial charge in [-0.05, 0) is 58.4 Å². The largest absolute Gasteiger partial charge is 0.381 e. The zero-order valence-electron chi connectivity index (χ0n) is 19.7. The summed E-state index contributed by atoms with van der Waals surface area (Å²) in [6, 6.07) is 3.03. The number of nitrogens with one attached hydrogen (secondary N) is 1. The molecule has 2 aliphatic heterocycles. The van der Waals surface area contributed by atoms with Gasteiger partial charge in [0.2, 0.25) is 5.91 Å². The normalized spacial score (nSPS) is 25.6. The van der Waals surface area contributed by atoms with Crippen molar-refractivity contribution in [1.29, 1.82) is 0 Å². The fraction of sp³-hybridized carbons (Fsp3) is 0.708. The molecule has 3 aliphatic rings. The van der Waals surface area contributed by atoms with E-state index in [1.807, 2.05) is 24.8 Å². The molecule has 4 heterocycles. The summed E-state index contributed by atoms with van der Waals surface area (Å²) in [4.78, 5) is 31.5. The number of amides is 2. The number of carbonyl (C=O) groups is 2. The molecular formula is C24H35N5O3S. The predicted octanol–water partition coefficient (Wildman–Crippen LogP) is 2.96. The molecule has 1 N–H and O–H groups in total. The first-order valence-electron chi connectivity index (χ1n) is 12.4. The van der Waals surface area contributed by atoms with E-state index >= 15 is 0 Å². The van der Waals surface area contributed by atoms with E-state index in [9.17, 15) is 9.59 Å². The minimum atomic E-state index is 0.0318. The van der Waals surface area contributed by atoms with Crippen LogP contribution in [0.5, 0.6) is 0 Å². The van der Waals surface area contributed by atoms with E-state index in [0.29, 0.717) is 18.6 Å². The molecular weight excluding hydrogens is 438 g/mol. The quantitative estimate of drug-likeness (QED) is 0.722. The maximum Gasteiger partial charge on any atom is 0.261 e. The molecule has 33 heavy (non-hydrogen) atoms. The summed E-state index contributed by atoms with van der Waals surface area (Å²) in [5.41, 5.74) is 0.991. The highest BCUT2D eigenvalue weighted by Gasteiger charge is 2.32. The summed E-state index contributed by atoms with van der Waals surface area (Å²) < 4.78 is 7.63. The minimum Gasteiger partial charge on any atom is -0.381 e. The van der Waals surface area contributed by atoms with Crippen molar-refractivity contribution in [3.05, 3.63) is 16.6 Å². The number of hydrogen-bond donors (Lipinski definition) is 1. The van der Waals surface area contributed by atoms with Gasteiger partial charge in [0.15, 0.2) is 0 Å². The first-order valence-corrected chi connectivity index (χ1v) is 13.2. The molecule has 0 aromatic carbocycles. The van der Waals surface area contributed by atoms with Gasteiger partial charge in [0.25, 0.3) is 5.91 Å². The number of thiophene rings is 1. The Hall–Kier alpha value is -1.97. The van der Waals surface area contributed by atoms with E-state index in [0.717, 1.165) is 92.2 Å². The van der Waals surface area contributed by atoms with Crippen LogP contribution in [0.15, 0.2) is 6.07 Å². The SMILES string of the molecule is CCN1CCN([C@H]2CC[C@H](NC(=O)c3cc4c(C)nn(C5CCOCC5)c4s3)CC2)CC1=O. The minimum absolute atomic E-state index is 0.0318. The fourth-order valence-corrected chi connectivity index (χ4v) is 6.71. The zero-order chi connectivity index (χ0) is 22.9. The Morgan fingerprint density at radius 3 is 2.61 bits per heavy atom. The molecule has 180 valence electrons. The van der Waals surface area contributed by atoms with Gasteiger partial charge in [0.05, 0.1) is 23.2 Å². The number of piperazine rings is 1. The van der Waals surface area contributed by atoms with Gasteiger partial charge >= 0.3 is 0 Å². The van der Waals surface area contributed by atoms with E-state index < -0.39 is 0 Å². The molecule has 0 spiro atoms. The van der Waals surface area contributed by atoms with Crippen LogP contribution in [0.2, 0.25) is 0 Å². The Morgan fingerprint density at radius 1 is 1.15 bits per heavy atom. The molecule has 9 heteroatoms. The molecule has 0 bridgehead atoms. The van der Waals surface area contributed by atoms with E-state index in [-0.39, 0.29) is 17.9 Å². The molecule has 2 saturated heterocycles. The first kappa shape index (κ1) is 22.8. The Kier molecular flexibility index (Phi) is 6.72. The van der Waals surface area contributed by atoms with Gasteiger partial charge in [-0.1, -0.05) is 0 Å². The third-order valence-corrected chi connectivity index (χ3v) is 8.73. The first-order chi connectivity index (χ1) is 16.0. The number of rotatable bonds is 5. The van der Waals surface area contributed by atoms with Crippen LogP contribution in [-0.4, -0.2) is 82.9 Å². The molecule has 1 saturated carbocycles. The van der Waals surface area contributed by atoms with E-state index in [1.165, 1.54) is 0 Å². The second-order valence-electron chi connectivity index (χ2n) is 9.63. The van der Waals surface area contributed by atoms with Crippen molar-refractivity contribution < 1.29 is 14.3 Å². The summed E-state index contributed by atoms with van der Waals surface area (Å²) >= 11 is 1.56. The summed E-state index contributed by atoms with van der Waals surface area (Å²) in [5.74, 6) is 0.280. The molecule has 0 radical (unpaired) electrons. The topological polar surface area (TPSA) is 79.7 Å². The Morgan fingerprint density at radius 2 is 1.91 bits per heavy atom. The Bertz CT molecular complexity index is 1000. The third kappa shape index (κ3) is 4.68. The highest BCUT2D eigenvalue weighted by atomic mass is 32.1. The Balaban J connectivity index is 1.18. The Labute approximate surface area is 199 Å². The smallest absolute Gasteiger partial charge is 0.261 e. The van der Waals surface area contributed by atoms with Crippen molar-refractivity contribution in [1.82, 2.24) is 24.9 Å². The van der Waals surface area contributed by atoms with Crippen LogP contribution >= 0.6 is 11.3 Å². The number of carbonyl (C=O) groups excluding carboxylic acids is 2. The van der Waals surface area contributed by atoms with Crippen molar-refractivity contribution in [3.8, 4) is 0 Å². The average molecular weight is 474 g/mol. The van der Waals surface area contributed by atoms with Crippen LogP contribution in [0.1, 0.15) is 66.9 Å². The van der Waals surface area contributed by atoms with Crippen LogP contribution in [0.4, 0.5) is 0 Å². The number of nitrogens with zero attached hydrogens (tertiary/aromatic N) is 4. The van der Waals surface area contributed by atoms with Crippen LogP contribution in [0, 0.1) is 6.92 Å². The number of fused-ring (bicyclic) bond motifs is 1. The highest BCUT2D eigenvalue weighted by Crippen LogP contribution is 2.33. The molecule has 1 aliphatic carbocycles. The second kappa shape index (κ2) is 9.72. The molecule has 0 unspecified atom stereocenters. The summed E-state index contributed by atoms with van der Waals surface area (Å²) in [7, 11) is 0. The molecule has 8 nitrogen and oxygen atoms in total. The molecule has 2 aromatic heterocycles. The second-order valence-corrected chi connectivity index (χ2v) is 10.7. The van der Waals surface area contributed by atoms with Gasteiger partial charge in [-0.3, -0.25) is 19.2 Å². The van der Waals surface area contributed by atoms with E-state index in [2.05, 4.69) is 14.9 Å². The van der Waals surface area contributed by atoms with Crippen molar-refractivity contribution in [2.24, 2.45) is 0 Å². The lowest BCUT2D eigenvalue weighted by Gasteiger charge is -2.41. The molecule has 3 fully saturated rings. The maximum atomic E-state index is 13.1. The maximum absolute atomic E-state index is 13.1. The zero-order valence-corrected chi connectivity index (χ0v) is 20.5. The fourth-order valence-electron chi connectivity index (χ4n) is 5.58. The van der Waals surface area contributed by atoms with E-state index in [1.54, 1.807) is 11.3 Å². The van der Waals surface area contributed by atoms with Crippen molar-refractivity contribution in [2.75, 3.05) is 39.4 Å². The monoisotopic (exact) mass is 473 g/mol. The summed E-state index contributed by atoms with van der Waals surface area (Å²) in [6.07, 6.45) is 5.95. The van der Waals surface area contributed by atoms with Gasteiger partial charge < -0.3 is 15.0 Å². The van der Waals surface area contributed by atoms with Crippen LogP contribution in [-0.2, 0) is 9.53 Å². The standard InChI is InChI=1S/C24H35N5O3S/c1-3-27-10-11-28(15-22(27)30)18-6-4-17(5-7-18)25-23(31)21-14-20-16(2)26-29(24(20)33-21)19-8-12-32-13-9-19/h14,17-19H,3-13,15H2,1-2H3,(H,25,31)/t17-,18-. The van der Waals surface area contributed by atoms with Crippen LogP contribution in [0.3, 0.4) is 0 Å². The lowest BCUT2D eigenvalue weighted by atomic mass is 9.89. The summed E-state index contributed by atoms with van der Waals surface area (Å²) in [6.45, 7) is 8.76. The van der Waals surface area contributed by atoms with Gasteiger partial charge in [-0.25, -0.2) is 0 Å². The van der Waals surface area contributed by atoms with Gasteiger partial charge in [-0.15, -0.1) is 11.3 Å². The third-order valence-electron chi connectivity index (χ3n) is 7.61. The highest BCUT2D eigenvalue weighted by molar-refractivity contribution is 7.20. The van der Waals surface area contributed by atoms with Gasteiger partial charge in [0.1, 0.15) is 4.83 Å². The predicted molar refractivity (Wildman–Crippen MR) is 129 cm³/mol. The number of ether oxygens (including phenoxy) is 1. The molecule has 0 atom stereocenters. The average Bonchev–Trinajstić information content (AvgIpc) is 3.41. The van der Waals surface area contributed by atoms with Crippen molar-refractivity contribution >= 4 is 33.4 Å². The van der Waals surface area contributed by atoms with Crippen molar-refractivity contribution in [2.45, 2.75) is 70.5 Å². The number of aryl methyl sites for hydroxylation is 1. The van der Waals surface area contributed by atoms with Crippen LogP contribution < -0.4 is 5.32 Å². The molecule has 2 aromatic rings. The van der Waals surface area contributed by atoms with Gasteiger partial charge in [-0.2, -0.15) is 5.10 Å². The molecule has 2 amide bonds. The number of hydrogen-bond acceptors (Lipinski definition) is 6. The van der Waals surface area contributed by atoms with E-state index in [4.69, 9.17) is 9.84 Å². The lowest BCUT2D eigenvalue weighted by molar-refractivity contribution is -0.137. The summed E-state index contributed by atoms with van der Waals surface area (Å²) in [5, 5.41) is 9.14. The van der Waals surface area contributed by atoms with Crippen molar-refractivity contribution in [3.63, 3.8) is 0 Å². The lowest BCUT2D eigenvalue weighted by Crippen LogP contribution is -2.54.